The first-order valence-electron chi connectivity index (χ1n) is 10.9. The highest BCUT2D eigenvalue weighted by atomic mass is 16.3. The molecule has 0 fully saturated rings. The molecule has 1 aliphatic heterocycles. The van der Waals surface area contributed by atoms with E-state index in [1.807, 2.05) is 0 Å². The van der Waals surface area contributed by atoms with Gasteiger partial charge in [-0.15, -0.1) is 0 Å². The van der Waals surface area contributed by atoms with Gasteiger partial charge in [0.1, 0.15) is 13.1 Å². The van der Waals surface area contributed by atoms with Crippen LogP contribution >= 0.6 is 0 Å². The Labute approximate surface area is 156 Å². The van der Waals surface area contributed by atoms with Crippen molar-refractivity contribution >= 4 is 6.21 Å². The van der Waals surface area contributed by atoms with Crippen LogP contribution in [-0.4, -0.2) is 48.2 Å². The SMILES string of the molecule is CC/C=C/CCCCCCCCCCCC1N=CC[N+]1(CC)CCO. The normalized spacial score (nSPS) is 23.1. The highest BCUT2D eigenvalue weighted by Gasteiger charge is 2.36. The summed E-state index contributed by atoms with van der Waals surface area (Å²) in [6, 6.07) is 0. The van der Waals surface area contributed by atoms with Gasteiger partial charge in [-0.1, -0.05) is 64.0 Å². The van der Waals surface area contributed by atoms with Gasteiger partial charge in [-0.05, 0) is 32.6 Å². The van der Waals surface area contributed by atoms with Gasteiger partial charge >= 0.3 is 0 Å². The van der Waals surface area contributed by atoms with Gasteiger partial charge in [-0.3, -0.25) is 4.48 Å². The second-order valence-electron chi connectivity index (χ2n) is 7.62. The van der Waals surface area contributed by atoms with Crippen LogP contribution in [0.25, 0.3) is 0 Å². The van der Waals surface area contributed by atoms with E-state index in [4.69, 9.17) is 4.99 Å². The Balaban J connectivity index is 1.95. The third kappa shape index (κ3) is 9.01. The lowest BCUT2D eigenvalue weighted by Crippen LogP contribution is -2.53. The van der Waals surface area contributed by atoms with E-state index in [2.05, 4.69) is 32.2 Å². The third-order valence-corrected chi connectivity index (χ3v) is 5.77. The maximum Gasteiger partial charge on any atom is 0.182 e. The molecule has 3 nitrogen and oxygen atoms in total. The predicted molar refractivity (Wildman–Crippen MR) is 110 cm³/mol. The summed E-state index contributed by atoms with van der Waals surface area (Å²) in [5.41, 5.74) is 0. The minimum atomic E-state index is 0.280. The van der Waals surface area contributed by atoms with Crippen molar-refractivity contribution in [2.75, 3.05) is 26.2 Å². The number of hydrogen-bond acceptors (Lipinski definition) is 2. The molecule has 0 aromatic carbocycles. The maximum atomic E-state index is 9.35. The van der Waals surface area contributed by atoms with Crippen LogP contribution in [0.5, 0.6) is 0 Å². The van der Waals surface area contributed by atoms with E-state index in [1.54, 1.807) is 0 Å². The lowest BCUT2D eigenvalue weighted by molar-refractivity contribution is -0.936. The van der Waals surface area contributed by atoms with Crippen LogP contribution in [0.15, 0.2) is 17.1 Å². The molecule has 146 valence electrons. The van der Waals surface area contributed by atoms with Gasteiger partial charge in [-0.25, -0.2) is 4.99 Å². The molecule has 0 aliphatic carbocycles. The number of aliphatic imine (C=N–C) groups is 1. The van der Waals surface area contributed by atoms with Crippen LogP contribution in [0.3, 0.4) is 0 Å². The van der Waals surface area contributed by atoms with Crippen LogP contribution in [-0.2, 0) is 0 Å². The zero-order valence-corrected chi connectivity index (χ0v) is 17.0. The molecule has 0 radical (unpaired) electrons. The van der Waals surface area contributed by atoms with Gasteiger partial charge in [0.2, 0.25) is 0 Å². The molecule has 1 rings (SSSR count). The van der Waals surface area contributed by atoms with Crippen LogP contribution in [0.2, 0.25) is 0 Å². The van der Waals surface area contributed by atoms with Crippen molar-refractivity contribution in [1.82, 2.24) is 0 Å². The smallest absolute Gasteiger partial charge is 0.182 e. The second-order valence-corrected chi connectivity index (χ2v) is 7.62. The van der Waals surface area contributed by atoms with Gasteiger partial charge in [0.25, 0.3) is 0 Å². The van der Waals surface area contributed by atoms with Crippen molar-refractivity contribution in [3.8, 4) is 0 Å². The molecule has 0 spiro atoms. The first kappa shape index (κ1) is 22.4. The van der Waals surface area contributed by atoms with Gasteiger partial charge in [0, 0.05) is 6.42 Å². The highest BCUT2D eigenvalue weighted by Crippen LogP contribution is 2.24. The fourth-order valence-electron chi connectivity index (χ4n) is 3.99. The Bertz CT molecular complexity index is 367. The summed E-state index contributed by atoms with van der Waals surface area (Å²) >= 11 is 0. The minimum Gasteiger partial charge on any atom is -0.391 e. The van der Waals surface area contributed by atoms with Crippen molar-refractivity contribution in [3.63, 3.8) is 0 Å². The highest BCUT2D eigenvalue weighted by molar-refractivity contribution is 5.60. The fraction of sp³-hybridized carbons (Fsp3) is 0.864. The molecule has 1 heterocycles. The van der Waals surface area contributed by atoms with Gasteiger partial charge in [0.05, 0.1) is 19.4 Å². The molecule has 0 amide bonds. The molecule has 0 saturated heterocycles. The molecule has 3 heteroatoms. The molecule has 2 unspecified atom stereocenters. The van der Waals surface area contributed by atoms with E-state index in [1.165, 1.54) is 77.0 Å². The number of hydrogen-bond donors (Lipinski definition) is 1. The molecule has 0 aromatic rings. The summed E-state index contributed by atoms with van der Waals surface area (Å²) in [6.45, 7) is 7.66. The molecular weight excluding hydrogens is 308 g/mol. The van der Waals surface area contributed by atoms with Crippen molar-refractivity contribution in [1.29, 1.82) is 0 Å². The summed E-state index contributed by atoms with van der Waals surface area (Å²) < 4.78 is 0.976. The summed E-state index contributed by atoms with van der Waals surface area (Å²) in [4.78, 5) is 4.70. The molecule has 25 heavy (non-hydrogen) atoms. The second kappa shape index (κ2) is 14.5. The maximum absolute atomic E-state index is 9.35. The lowest BCUT2D eigenvalue weighted by atomic mass is 10.0. The number of likely N-dealkylation sites (N-methyl/N-ethyl adjacent to an activating group) is 1. The average Bonchev–Trinajstić information content (AvgIpc) is 3.02. The molecular formula is C22H43N2O+. The van der Waals surface area contributed by atoms with Gasteiger partial charge in [-0.2, -0.15) is 0 Å². The Kier molecular flexibility index (Phi) is 13.0. The quantitative estimate of drug-likeness (QED) is 0.223. The largest absolute Gasteiger partial charge is 0.391 e. The van der Waals surface area contributed by atoms with Crippen LogP contribution in [0, 0.1) is 0 Å². The Morgan fingerprint density at radius 2 is 1.60 bits per heavy atom. The number of unbranched alkanes of at least 4 members (excludes halogenated alkanes) is 9. The van der Waals surface area contributed by atoms with Crippen LogP contribution < -0.4 is 0 Å². The van der Waals surface area contributed by atoms with E-state index in [0.29, 0.717) is 6.17 Å². The zero-order chi connectivity index (χ0) is 18.2. The molecule has 1 aliphatic rings. The number of aliphatic hydroxyl groups excluding tert-OH is 1. The van der Waals surface area contributed by atoms with E-state index < -0.39 is 0 Å². The number of nitrogens with zero attached hydrogens (tertiary/aromatic N) is 2. The summed E-state index contributed by atoms with van der Waals surface area (Å²) in [7, 11) is 0. The van der Waals surface area contributed by atoms with E-state index in [-0.39, 0.29) is 6.61 Å². The van der Waals surface area contributed by atoms with E-state index in [9.17, 15) is 5.11 Å². The van der Waals surface area contributed by atoms with Crippen molar-refractivity contribution < 1.29 is 9.59 Å². The average molecular weight is 352 g/mol. The van der Waals surface area contributed by atoms with E-state index in [0.717, 1.165) is 24.1 Å². The first-order chi connectivity index (χ1) is 12.3. The van der Waals surface area contributed by atoms with Crippen molar-refractivity contribution in [3.05, 3.63) is 12.2 Å². The van der Waals surface area contributed by atoms with Crippen LogP contribution in [0.1, 0.15) is 90.9 Å². The Morgan fingerprint density at radius 3 is 2.20 bits per heavy atom. The van der Waals surface area contributed by atoms with Gasteiger partial charge in [0.15, 0.2) is 6.17 Å². The third-order valence-electron chi connectivity index (χ3n) is 5.77. The molecule has 0 saturated carbocycles. The zero-order valence-electron chi connectivity index (χ0n) is 17.0. The summed E-state index contributed by atoms with van der Waals surface area (Å²) in [6.07, 6.45) is 23.1. The van der Waals surface area contributed by atoms with E-state index >= 15 is 0 Å². The van der Waals surface area contributed by atoms with Gasteiger partial charge < -0.3 is 5.11 Å². The number of aliphatic hydroxyl groups is 1. The monoisotopic (exact) mass is 351 g/mol. The topological polar surface area (TPSA) is 32.6 Å². The molecule has 2 atom stereocenters. The summed E-state index contributed by atoms with van der Waals surface area (Å²) in [5, 5.41) is 9.35. The molecule has 1 N–H and O–H groups in total. The number of allylic oxidation sites excluding steroid dienone is 2. The van der Waals surface area contributed by atoms with Crippen LogP contribution in [0.4, 0.5) is 0 Å². The number of rotatable bonds is 16. The lowest BCUT2D eigenvalue weighted by Gasteiger charge is -2.37. The van der Waals surface area contributed by atoms with Crippen molar-refractivity contribution in [2.24, 2.45) is 4.99 Å². The molecule has 0 bridgehead atoms. The summed E-state index contributed by atoms with van der Waals surface area (Å²) in [5.74, 6) is 0. The Hall–Kier alpha value is -0.670. The minimum absolute atomic E-state index is 0.280. The standard InChI is InChI=1S/C22H43N2O/c1-3-5-6-7-8-9-10-11-12-13-14-15-16-17-22-23-18-19-24(22,4-2)20-21-25/h5-6,18,22,25H,3-4,7-17,19-21H2,1-2H3/q+1/b6-5+. The first-order valence-corrected chi connectivity index (χ1v) is 10.9. The Morgan fingerprint density at radius 1 is 0.960 bits per heavy atom. The number of quaternary nitrogens is 1. The predicted octanol–water partition coefficient (Wildman–Crippen LogP) is 5.48. The van der Waals surface area contributed by atoms with Crippen molar-refractivity contribution in [2.45, 2.75) is 97.1 Å². The fourth-order valence-corrected chi connectivity index (χ4v) is 3.99. The molecule has 0 aromatic heterocycles.